The van der Waals surface area contributed by atoms with E-state index < -0.39 is 5.97 Å². The molecule has 0 atom stereocenters. The maximum Gasteiger partial charge on any atom is 0.333 e. The van der Waals surface area contributed by atoms with Crippen LogP contribution >= 0.6 is 0 Å². The van der Waals surface area contributed by atoms with Gasteiger partial charge in [0.1, 0.15) is 24.8 Å². The number of ether oxygens (including phenoxy) is 2. The zero-order valence-electron chi connectivity index (χ0n) is 15.8. The number of carbonyl (C=O) groups excluding carboxylic acids is 1. The van der Waals surface area contributed by atoms with Crippen molar-refractivity contribution in [2.75, 3.05) is 19.8 Å². The number of aliphatic hydroxyl groups is 1. The van der Waals surface area contributed by atoms with E-state index in [1.807, 2.05) is 25.1 Å². The highest BCUT2D eigenvalue weighted by Crippen LogP contribution is 2.30. The molecule has 27 heavy (non-hydrogen) atoms. The van der Waals surface area contributed by atoms with Crippen LogP contribution in [0.15, 0.2) is 48.6 Å². The molecular weight excluding hydrogens is 347 g/mol. The summed E-state index contributed by atoms with van der Waals surface area (Å²) >= 11 is 0. The number of aryl methyl sites for hydroxylation is 2. The van der Waals surface area contributed by atoms with Gasteiger partial charge in [-0.2, -0.15) is 0 Å². The molecule has 0 amide bonds. The predicted molar refractivity (Wildman–Crippen MR) is 103 cm³/mol. The molecule has 0 aliphatic rings. The summed E-state index contributed by atoms with van der Waals surface area (Å²) in [5, 5.41) is 9.08. The van der Waals surface area contributed by atoms with Crippen LogP contribution in [0.25, 0.3) is 11.1 Å². The molecule has 2 aromatic rings. The number of aliphatic hydroxyl groups excluding tert-OH is 1. The van der Waals surface area contributed by atoms with Gasteiger partial charge in [0, 0.05) is 17.7 Å². The Morgan fingerprint density at radius 2 is 1.96 bits per heavy atom. The number of rotatable bonds is 9. The molecule has 0 spiro atoms. The average Bonchev–Trinajstić information content (AvgIpc) is 2.63. The van der Waals surface area contributed by atoms with Crippen LogP contribution in [0.3, 0.4) is 0 Å². The Labute approximate surface area is 159 Å². The van der Waals surface area contributed by atoms with Crippen molar-refractivity contribution in [2.24, 2.45) is 0 Å². The highest BCUT2D eigenvalue weighted by Gasteiger charge is 2.11. The van der Waals surface area contributed by atoms with Crippen LogP contribution in [-0.4, -0.2) is 30.9 Å². The number of halogens is 1. The van der Waals surface area contributed by atoms with Gasteiger partial charge in [-0.15, -0.1) is 0 Å². The fraction of sp³-hybridized carbons (Fsp3) is 0.318. The highest BCUT2D eigenvalue weighted by atomic mass is 19.1. The van der Waals surface area contributed by atoms with E-state index in [9.17, 15) is 9.18 Å². The lowest BCUT2D eigenvalue weighted by molar-refractivity contribution is -0.139. The van der Waals surface area contributed by atoms with Crippen molar-refractivity contribution < 1.29 is 23.8 Å². The van der Waals surface area contributed by atoms with Crippen molar-refractivity contribution in [3.63, 3.8) is 0 Å². The Morgan fingerprint density at radius 1 is 1.19 bits per heavy atom. The molecule has 144 valence electrons. The fourth-order valence-electron chi connectivity index (χ4n) is 2.60. The molecule has 0 saturated carbocycles. The van der Waals surface area contributed by atoms with Crippen LogP contribution in [0.4, 0.5) is 4.39 Å². The Morgan fingerprint density at radius 3 is 2.63 bits per heavy atom. The summed E-state index contributed by atoms with van der Waals surface area (Å²) in [5.41, 5.74) is 3.29. The van der Waals surface area contributed by atoms with Crippen LogP contribution in [-0.2, 0) is 16.0 Å². The third-order valence-corrected chi connectivity index (χ3v) is 4.03. The van der Waals surface area contributed by atoms with Gasteiger partial charge in [0.05, 0.1) is 0 Å². The lowest BCUT2D eigenvalue weighted by Gasteiger charge is -2.14. The largest absolute Gasteiger partial charge is 0.490 e. The van der Waals surface area contributed by atoms with Crippen LogP contribution in [0.1, 0.15) is 24.5 Å². The van der Waals surface area contributed by atoms with E-state index in [1.54, 1.807) is 19.1 Å². The molecule has 0 saturated heterocycles. The number of esters is 1. The monoisotopic (exact) mass is 372 g/mol. The maximum atomic E-state index is 14.3. The second-order valence-corrected chi connectivity index (χ2v) is 6.40. The summed E-state index contributed by atoms with van der Waals surface area (Å²) < 4.78 is 25.1. The summed E-state index contributed by atoms with van der Waals surface area (Å²) in [6.45, 7) is 7.28. The molecule has 2 rings (SSSR count). The van der Waals surface area contributed by atoms with Crippen LogP contribution in [0.5, 0.6) is 5.75 Å². The van der Waals surface area contributed by atoms with Crippen molar-refractivity contribution in [3.05, 3.63) is 65.5 Å². The second-order valence-electron chi connectivity index (χ2n) is 6.40. The number of hydrogen-bond donors (Lipinski definition) is 1. The minimum Gasteiger partial charge on any atom is -0.490 e. The summed E-state index contributed by atoms with van der Waals surface area (Å²) in [5.74, 6) is -0.165. The predicted octanol–water partition coefficient (Wildman–Crippen LogP) is 4.22. The second kappa shape index (κ2) is 9.88. The Bertz CT molecular complexity index is 814. The van der Waals surface area contributed by atoms with Gasteiger partial charge >= 0.3 is 5.97 Å². The van der Waals surface area contributed by atoms with Crippen molar-refractivity contribution >= 4 is 5.97 Å². The first-order valence-corrected chi connectivity index (χ1v) is 8.88. The average molecular weight is 372 g/mol. The van der Waals surface area contributed by atoms with E-state index in [0.717, 1.165) is 11.1 Å². The Balaban J connectivity index is 2.18. The molecule has 0 aliphatic heterocycles. The van der Waals surface area contributed by atoms with E-state index in [0.29, 0.717) is 35.3 Å². The molecule has 2 aromatic carbocycles. The molecule has 5 heteroatoms. The van der Waals surface area contributed by atoms with Gasteiger partial charge in [0.2, 0.25) is 0 Å². The summed E-state index contributed by atoms with van der Waals surface area (Å²) in [6.07, 6.45) is 1.23. The summed E-state index contributed by atoms with van der Waals surface area (Å²) in [6, 6.07) is 10.6. The molecule has 0 fully saturated rings. The van der Waals surface area contributed by atoms with Gasteiger partial charge in [-0.25, -0.2) is 9.18 Å². The van der Waals surface area contributed by atoms with Gasteiger partial charge in [-0.3, -0.25) is 0 Å². The summed E-state index contributed by atoms with van der Waals surface area (Å²) in [7, 11) is 0. The molecule has 1 N–H and O–H groups in total. The minimum absolute atomic E-state index is 0.0734. The third-order valence-electron chi connectivity index (χ3n) is 4.03. The molecule has 0 bridgehead atoms. The lowest BCUT2D eigenvalue weighted by Crippen LogP contribution is -2.13. The maximum absolute atomic E-state index is 14.3. The van der Waals surface area contributed by atoms with Gasteiger partial charge < -0.3 is 14.6 Å². The molecule has 0 aliphatic carbocycles. The third kappa shape index (κ3) is 5.93. The standard InChI is InChI=1S/C22H25FO4/c1-15(2)22(25)27-12-11-26-21-14-18(8-7-17(21)5-4-10-24)19-9-6-16(3)13-20(19)23/h6-9,13-14,24H,1,4-5,10-12H2,2-3H3. The van der Waals surface area contributed by atoms with Crippen molar-refractivity contribution in [1.29, 1.82) is 0 Å². The van der Waals surface area contributed by atoms with Crippen LogP contribution in [0.2, 0.25) is 0 Å². The molecule has 0 heterocycles. The van der Waals surface area contributed by atoms with Crippen molar-refractivity contribution in [2.45, 2.75) is 26.7 Å². The van der Waals surface area contributed by atoms with E-state index in [4.69, 9.17) is 14.6 Å². The zero-order valence-corrected chi connectivity index (χ0v) is 15.8. The number of carbonyl (C=O) groups is 1. The van der Waals surface area contributed by atoms with Crippen molar-refractivity contribution in [3.8, 4) is 16.9 Å². The number of benzene rings is 2. The lowest BCUT2D eigenvalue weighted by atomic mass is 9.99. The van der Waals surface area contributed by atoms with Gasteiger partial charge in [0.15, 0.2) is 0 Å². The summed E-state index contributed by atoms with van der Waals surface area (Å²) in [4.78, 5) is 11.4. The van der Waals surface area contributed by atoms with E-state index in [2.05, 4.69) is 6.58 Å². The Hall–Kier alpha value is -2.66. The zero-order chi connectivity index (χ0) is 19.8. The topological polar surface area (TPSA) is 55.8 Å². The van der Waals surface area contributed by atoms with E-state index >= 15 is 0 Å². The van der Waals surface area contributed by atoms with Crippen LogP contribution < -0.4 is 4.74 Å². The fourth-order valence-corrected chi connectivity index (χ4v) is 2.60. The first kappa shape index (κ1) is 20.6. The molecular formula is C22H25FO4. The van der Waals surface area contributed by atoms with E-state index in [-0.39, 0.29) is 25.6 Å². The van der Waals surface area contributed by atoms with E-state index in [1.165, 1.54) is 6.07 Å². The Kier molecular flexibility index (Phi) is 7.55. The highest BCUT2D eigenvalue weighted by molar-refractivity contribution is 5.86. The normalized spacial score (nSPS) is 10.5. The quantitative estimate of drug-likeness (QED) is 0.407. The first-order valence-electron chi connectivity index (χ1n) is 8.88. The van der Waals surface area contributed by atoms with Gasteiger partial charge in [-0.1, -0.05) is 30.8 Å². The van der Waals surface area contributed by atoms with Crippen LogP contribution in [0, 0.1) is 12.7 Å². The molecule has 0 unspecified atom stereocenters. The first-order chi connectivity index (χ1) is 12.9. The SMILES string of the molecule is C=C(C)C(=O)OCCOc1cc(-c2ccc(C)cc2F)ccc1CCCO. The van der Waals surface area contributed by atoms with Gasteiger partial charge in [0.25, 0.3) is 0 Å². The smallest absolute Gasteiger partial charge is 0.333 e. The molecule has 0 radical (unpaired) electrons. The minimum atomic E-state index is -0.463. The molecule has 4 nitrogen and oxygen atoms in total. The van der Waals surface area contributed by atoms with Gasteiger partial charge in [-0.05, 0) is 55.5 Å². The molecule has 0 aromatic heterocycles. The number of hydrogen-bond acceptors (Lipinski definition) is 4. The van der Waals surface area contributed by atoms with Crippen molar-refractivity contribution in [1.82, 2.24) is 0 Å².